The van der Waals surface area contributed by atoms with Crippen LogP contribution >= 0.6 is 0 Å². The van der Waals surface area contributed by atoms with Crippen LogP contribution in [0.3, 0.4) is 0 Å². The van der Waals surface area contributed by atoms with Crippen molar-refractivity contribution in [2.75, 3.05) is 14.2 Å². The van der Waals surface area contributed by atoms with Gasteiger partial charge in [-0.15, -0.1) is 0 Å². The highest BCUT2D eigenvalue weighted by Gasteiger charge is 2.21. The van der Waals surface area contributed by atoms with Crippen molar-refractivity contribution in [3.63, 3.8) is 0 Å². The minimum absolute atomic E-state index is 0.167. The van der Waals surface area contributed by atoms with Crippen molar-refractivity contribution in [2.24, 2.45) is 5.92 Å². The third-order valence-corrected chi connectivity index (χ3v) is 5.64. The van der Waals surface area contributed by atoms with Crippen LogP contribution in [0.5, 0.6) is 5.75 Å². The van der Waals surface area contributed by atoms with Crippen molar-refractivity contribution in [1.82, 2.24) is 4.72 Å². The van der Waals surface area contributed by atoms with E-state index in [1.165, 1.54) is 7.11 Å². The molecule has 0 aromatic heterocycles. The number of carbonyl (C=O) groups excluding carboxylic acids is 1. The molecule has 7 heteroatoms. The molecular weight excluding hydrogens is 378 g/mol. The summed E-state index contributed by atoms with van der Waals surface area (Å²) in [4.78, 5) is 11.5. The lowest BCUT2D eigenvalue weighted by atomic mass is 9.98. The number of hydrogen-bond acceptors (Lipinski definition) is 5. The molecule has 0 saturated heterocycles. The van der Waals surface area contributed by atoms with E-state index in [2.05, 4.69) is 23.3 Å². The molecule has 2 rings (SSSR count). The summed E-state index contributed by atoms with van der Waals surface area (Å²) in [6.07, 6.45) is 0.673. The Morgan fingerprint density at radius 2 is 1.61 bits per heavy atom. The van der Waals surface area contributed by atoms with Crippen molar-refractivity contribution in [3.05, 3.63) is 65.2 Å². The van der Waals surface area contributed by atoms with Crippen LogP contribution in [0.4, 0.5) is 0 Å². The van der Waals surface area contributed by atoms with Crippen molar-refractivity contribution in [2.45, 2.75) is 32.1 Å². The van der Waals surface area contributed by atoms with Crippen LogP contribution in [0.1, 0.15) is 47.8 Å². The summed E-state index contributed by atoms with van der Waals surface area (Å²) in [6.45, 7) is 4.10. The lowest BCUT2D eigenvalue weighted by Crippen LogP contribution is -2.30. The van der Waals surface area contributed by atoms with Gasteiger partial charge >= 0.3 is 5.97 Å². The maximum Gasteiger partial charge on any atom is 0.337 e. The van der Waals surface area contributed by atoms with Crippen LogP contribution in [0.2, 0.25) is 0 Å². The lowest BCUT2D eigenvalue weighted by Gasteiger charge is -2.21. The molecule has 152 valence electrons. The third-order valence-electron chi connectivity index (χ3n) is 4.28. The number of ether oxygens (including phenoxy) is 2. The highest BCUT2D eigenvalue weighted by molar-refractivity contribution is 7.88. The Kier molecular flexibility index (Phi) is 7.60. The number of methoxy groups -OCH3 is 2. The predicted molar refractivity (Wildman–Crippen MR) is 109 cm³/mol. The molecule has 0 aliphatic rings. The molecule has 6 nitrogen and oxygen atoms in total. The van der Waals surface area contributed by atoms with Crippen LogP contribution in [-0.4, -0.2) is 28.6 Å². The summed E-state index contributed by atoms with van der Waals surface area (Å²) in [7, 11) is -0.683. The van der Waals surface area contributed by atoms with Gasteiger partial charge in [-0.3, -0.25) is 0 Å². The topological polar surface area (TPSA) is 81.7 Å². The van der Waals surface area contributed by atoms with E-state index >= 15 is 0 Å². The zero-order chi connectivity index (χ0) is 20.7. The molecule has 0 unspecified atom stereocenters. The molecule has 1 N–H and O–H groups in total. The second-order valence-corrected chi connectivity index (χ2v) is 8.77. The van der Waals surface area contributed by atoms with Crippen molar-refractivity contribution in [1.29, 1.82) is 0 Å². The van der Waals surface area contributed by atoms with Crippen molar-refractivity contribution in [3.8, 4) is 5.75 Å². The predicted octanol–water partition coefficient (Wildman–Crippen LogP) is 3.69. The summed E-state index contributed by atoms with van der Waals surface area (Å²) < 4.78 is 38.1. The molecule has 1 atom stereocenters. The minimum Gasteiger partial charge on any atom is -0.497 e. The molecule has 0 fully saturated rings. The van der Waals surface area contributed by atoms with Gasteiger partial charge in [-0.2, -0.15) is 0 Å². The fourth-order valence-corrected chi connectivity index (χ4v) is 4.27. The number of sulfonamides is 1. The maximum absolute atomic E-state index is 12.7. The fraction of sp³-hybridized carbons (Fsp3) is 0.381. The second kappa shape index (κ2) is 9.71. The highest BCUT2D eigenvalue weighted by atomic mass is 32.2. The van der Waals surface area contributed by atoms with Crippen LogP contribution in [0.15, 0.2) is 48.5 Å². The van der Waals surface area contributed by atoms with Gasteiger partial charge in [-0.05, 0) is 47.7 Å². The van der Waals surface area contributed by atoms with Crippen LogP contribution in [0, 0.1) is 5.92 Å². The normalized spacial score (nSPS) is 12.6. The Hall–Kier alpha value is -2.38. The first-order valence-corrected chi connectivity index (χ1v) is 10.7. The van der Waals surface area contributed by atoms with Gasteiger partial charge in [0.1, 0.15) is 5.75 Å². The molecule has 0 saturated carbocycles. The minimum atomic E-state index is -3.58. The summed E-state index contributed by atoms with van der Waals surface area (Å²) in [5.74, 6) is 0.415. The van der Waals surface area contributed by atoms with Crippen molar-refractivity contribution < 1.29 is 22.7 Å². The Balaban J connectivity index is 2.15. The third kappa shape index (κ3) is 6.35. The Morgan fingerprint density at radius 1 is 1.00 bits per heavy atom. The SMILES string of the molecule is COC(=O)c1ccc(CS(=O)(=O)N[C@@H](CC(C)C)c2ccc(OC)cc2)cc1. The highest BCUT2D eigenvalue weighted by Crippen LogP contribution is 2.25. The number of carbonyl (C=O) groups is 1. The molecule has 2 aromatic carbocycles. The van der Waals surface area contributed by atoms with Crippen LogP contribution in [0.25, 0.3) is 0 Å². The van der Waals surface area contributed by atoms with Gasteiger partial charge in [0.05, 0.1) is 25.5 Å². The summed E-state index contributed by atoms with van der Waals surface area (Å²) in [5, 5.41) is 0. The number of esters is 1. The average molecular weight is 406 g/mol. The molecule has 0 spiro atoms. The van der Waals surface area contributed by atoms with E-state index in [4.69, 9.17) is 4.74 Å². The quantitative estimate of drug-likeness (QED) is 0.644. The maximum atomic E-state index is 12.7. The number of rotatable bonds is 9. The number of benzene rings is 2. The van der Waals surface area contributed by atoms with Gasteiger partial charge in [0.25, 0.3) is 0 Å². The van der Waals surface area contributed by atoms with E-state index in [0.717, 1.165) is 11.3 Å². The zero-order valence-corrected chi connectivity index (χ0v) is 17.5. The number of nitrogens with one attached hydrogen (secondary N) is 1. The largest absolute Gasteiger partial charge is 0.497 e. The Labute approximate surface area is 166 Å². The summed E-state index contributed by atoms with van der Waals surface area (Å²) in [6, 6.07) is 13.4. The van der Waals surface area contributed by atoms with E-state index in [1.807, 2.05) is 24.3 Å². The Morgan fingerprint density at radius 3 is 2.11 bits per heavy atom. The molecule has 0 aliphatic heterocycles. The van der Waals surface area contributed by atoms with Gasteiger partial charge in [0.2, 0.25) is 10.0 Å². The number of hydrogen-bond donors (Lipinski definition) is 1. The lowest BCUT2D eigenvalue weighted by molar-refractivity contribution is 0.0600. The second-order valence-electron chi connectivity index (χ2n) is 7.02. The molecular formula is C21H27NO5S. The smallest absolute Gasteiger partial charge is 0.337 e. The molecule has 0 bridgehead atoms. The monoisotopic (exact) mass is 405 g/mol. The van der Waals surface area contributed by atoms with Gasteiger partial charge in [-0.1, -0.05) is 38.1 Å². The molecule has 2 aromatic rings. The van der Waals surface area contributed by atoms with E-state index in [-0.39, 0.29) is 11.8 Å². The zero-order valence-electron chi connectivity index (χ0n) is 16.6. The summed E-state index contributed by atoms with van der Waals surface area (Å²) in [5.41, 5.74) is 1.87. The first-order valence-electron chi connectivity index (χ1n) is 9.05. The van der Waals surface area contributed by atoms with Gasteiger partial charge < -0.3 is 9.47 Å². The Bertz CT molecular complexity index is 874. The van der Waals surface area contributed by atoms with Gasteiger partial charge in [0.15, 0.2) is 0 Å². The van der Waals surface area contributed by atoms with Crippen molar-refractivity contribution >= 4 is 16.0 Å². The fourth-order valence-electron chi connectivity index (χ4n) is 2.89. The van der Waals surface area contributed by atoms with Gasteiger partial charge in [-0.25, -0.2) is 17.9 Å². The summed E-state index contributed by atoms with van der Waals surface area (Å²) >= 11 is 0. The van der Waals surface area contributed by atoms with E-state index in [0.29, 0.717) is 23.5 Å². The van der Waals surface area contributed by atoms with Crippen LogP contribution < -0.4 is 9.46 Å². The molecule has 0 heterocycles. The average Bonchev–Trinajstić information content (AvgIpc) is 2.66. The standard InChI is InChI=1S/C21H27NO5S/c1-15(2)13-20(17-9-11-19(26-3)12-10-17)22-28(24,25)14-16-5-7-18(8-6-16)21(23)27-4/h5-12,15,20,22H,13-14H2,1-4H3/t20-/m0/s1. The van der Waals surface area contributed by atoms with Crippen LogP contribution in [-0.2, 0) is 20.5 Å². The van der Waals surface area contributed by atoms with E-state index in [1.54, 1.807) is 31.4 Å². The van der Waals surface area contributed by atoms with Gasteiger partial charge in [0, 0.05) is 6.04 Å². The first kappa shape index (κ1) is 21.9. The molecule has 0 radical (unpaired) electrons. The molecule has 0 aliphatic carbocycles. The molecule has 28 heavy (non-hydrogen) atoms. The van der Waals surface area contributed by atoms with E-state index in [9.17, 15) is 13.2 Å². The molecule has 0 amide bonds. The van der Waals surface area contributed by atoms with E-state index < -0.39 is 16.0 Å². The first-order chi connectivity index (χ1) is 13.2.